The van der Waals surface area contributed by atoms with Crippen molar-refractivity contribution < 1.29 is 18.3 Å². The summed E-state index contributed by atoms with van der Waals surface area (Å²) in [6.45, 7) is 3.33. The number of rotatable bonds is 6. The summed E-state index contributed by atoms with van der Waals surface area (Å²) in [5, 5.41) is 14.6. The summed E-state index contributed by atoms with van der Waals surface area (Å²) in [6, 6.07) is -0.311. The van der Waals surface area contributed by atoms with E-state index < -0.39 is 16.0 Å². The Balaban J connectivity index is 2.95. The van der Waals surface area contributed by atoms with Crippen molar-refractivity contribution in [3.8, 4) is 0 Å². The zero-order chi connectivity index (χ0) is 13.1. The molecule has 0 saturated heterocycles. The van der Waals surface area contributed by atoms with Crippen molar-refractivity contribution >= 4 is 16.0 Å². The van der Waals surface area contributed by atoms with Gasteiger partial charge in [0.2, 0.25) is 10.0 Å². The van der Waals surface area contributed by atoms with E-state index in [0.717, 1.165) is 4.31 Å². The number of carboxylic acid groups (broad SMARTS) is 1. The summed E-state index contributed by atoms with van der Waals surface area (Å²) in [7, 11) is -3.68. The third kappa shape index (κ3) is 3.27. The van der Waals surface area contributed by atoms with Crippen LogP contribution < -0.4 is 0 Å². The Kier molecular flexibility index (Phi) is 4.24. The van der Waals surface area contributed by atoms with Crippen LogP contribution in [0.3, 0.4) is 0 Å². The van der Waals surface area contributed by atoms with Crippen LogP contribution in [0.2, 0.25) is 0 Å². The normalized spacial score (nSPS) is 12.2. The molecule has 0 aliphatic carbocycles. The summed E-state index contributed by atoms with van der Waals surface area (Å²) in [5.41, 5.74) is 0. The van der Waals surface area contributed by atoms with Gasteiger partial charge in [-0.25, -0.2) is 8.42 Å². The molecule has 0 amide bonds. The topological polar surface area (TPSA) is 103 Å². The Morgan fingerprint density at radius 1 is 1.59 bits per heavy atom. The van der Waals surface area contributed by atoms with E-state index in [-0.39, 0.29) is 23.9 Å². The molecule has 1 rings (SSSR count). The maximum atomic E-state index is 12.1. The number of aromatic amines is 1. The van der Waals surface area contributed by atoms with E-state index in [2.05, 4.69) is 10.2 Å². The van der Waals surface area contributed by atoms with Gasteiger partial charge in [0.25, 0.3) is 0 Å². The lowest BCUT2D eigenvalue weighted by atomic mass is 10.3. The Hall–Kier alpha value is -1.41. The number of nitrogens with zero attached hydrogens (tertiary/aromatic N) is 2. The molecule has 0 fully saturated rings. The predicted octanol–water partition coefficient (Wildman–Crippen LogP) is 0.283. The lowest BCUT2D eigenvalue weighted by Crippen LogP contribution is -2.38. The molecule has 1 aromatic heterocycles. The molecule has 0 spiro atoms. The van der Waals surface area contributed by atoms with Gasteiger partial charge in [0.1, 0.15) is 4.90 Å². The molecule has 96 valence electrons. The number of H-pyrrole nitrogens is 1. The molecule has 0 atom stereocenters. The van der Waals surface area contributed by atoms with Crippen LogP contribution >= 0.6 is 0 Å². The minimum atomic E-state index is -3.68. The smallest absolute Gasteiger partial charge is 0.304 e. The minimum absolute atomic E-state index is 0.0385. The third-order valence-corrected chi connectivity index (χ3v) is 4.24. The lowest BCUT2D eigenvalue weighted by molar-refractivity contribution is -0.137. The summed E-state index contributed by atoms with van der Waals surface area (Å²) in [6.07, 6.45) is 2.24. The maximum Gasteiger partial charge on any atom is 0.304 e. The number of sulfonamides is 1. The standard InChI is InChI=1S/C9H15N3O4S/c1-7(2)12(4-3-9(13)14)17(15,16)8-5-10-11-6-8/h5-7H,3-4H2,1-2H3,(H,10,11)(H,13,14). The average Bonchev–Trinajstić information content (AvgIpc) is 2.69. The SMILES string of the molecule is CC(C)N(CCC(=O)O)S(=O)(=O)c1cn[nH]c1. The molecule has 8 heteroatoms. The fraction of sp³-hybridized carbons (Fsp3) is 0.556. The number of carbonyl (C=O) groups is 1. The molecule has 1 heterocycles. The Labute approximate surface area is 99.5 Å². The van der Waals surface area contributed by atoms with Crippen molar-refractivity contribution in [3.05, 3.63) is 12.4 Å². The van der Waals surface area contributed by atoms with Crippen LogP contribution in [0.4, 0.5) is 0 Å². The van der Waals surface area contributed by atoms with Gasteiger partial charge in [-0.1, -0.05) is 0 Å². The molecule has 0 unspecified atom stereocenters. The zero-order valence-electron chi connectivity index (χ0n) is 9.62. The molecule has 0 aliphatic rings. The van der Waals surface area contributed by atoms with Crippen molar-refractivity contribution in [1.29, 1.82) is 0 Å². The quantitative estimate of drug-likeness (QED) is 0.765. The minimum Gasteiger partial charge on any atom is -0.481 e. The molecule has 17 heavy (non-hydrogen) atoms. The highest BCUT2D eigenvalue weighted by molar-refractivity contribution is 7.89. The molecule has 0 radical (unpaired) electrons. The molecular formula is C9H15N3O4S. The summed E-state index contributed by atoms with van der Waals surface area (Å²) >= 11 is 0. The lowest BCUT2D eigenvalue weighted by Gasteiger charge is -2.24. The highest BCUT2D eigenvalue weighted by Gasteiger charge is 2.27. The number of hydrogen-bond donors (Lipinski definition) is 2. The second-order valence-corrected chi connectivity index (χ2v) is 5.68. The van der Waals surface area contributed by atoms with Crippen LogP contribution in [0.1, 0.15) is 20.3 Å². The third-order valence-electron chi connectivity index (χ3n) is 2.20. The largest absolute Gasteiger partial charge is 0.481 e. The fourth-order valence-corrected chi connectivity index (χ4v) is 2.92. The number of nitrogens with one attached hydrogen (secondary N) is 1. The molecule has 0 bridgehead atoms. The van der Waals surface area contributed by atoms with Crippen LogP contribution in [0.25, 0.3) is 0 Å². The van der Waals surface area contributed by atoms with Crippen LogP contribution in [-0.4, -0.2) is 46.6 Å². The van der Waals surface area contributed by atoms with Crippen molar-refractivity contribution in [3.63, 3.8) is 0 Å². The van der Waals surface area contributed by atoms with E-state index in [1.807, 2.05) is 0 Å². The van der Waals surface area contributed by atoms with Gasteiger partial charge in [-0.2, -0.15) is 9.40 Å². The van der Waals surface area contributed by atoms with Crippen molar-refractivity contribution in [2.45, 2.75) is 31.2 Å². The number of hydrogen-bond acceptors (Lipinski definition) is 4. The van der Waals surface area contributed by atoms with Gasteiger partial charge in [-0.3, -0.25) is 9.89 Å². The van der Waals surface area contributed by atoms with Crippen LogP contribution in [0.15, 0.2) is 17.3 Å². The van der Waals surface area contributed by atoms with Crippen LogP contribution in [0, 0.1) is 0 Å². The van der Waals surface area contributed by atoms with E-state index >= 15 is 0 Å². The zero-order valence-corrected chi connectivity index (χ0v) is 10.4. The predicted molar refractivity (Wildman–Crippen MR) is 59.9 cm³/mol. The van der Waals surface area contributed by atoms with E-state index in [1.54, 1.807) is 13.8 Å². The first-order valence-corrected chi connectivity index (χ1v) is 6.52. The summed E-state index contributed by atoms with van der Waals surface area (Å²) in [5.74, 6) is -1.03. The van der Waals surface area contributed by atoms with E-state index in [1.165, 1.54) is 12.4 Å². The van der Waals surface area contributed by atoms with Crippen molar-refractivity contribution in [2.24, 2.45) is 0 Å². The molecule has 0 aliphatic heterocycles. The number of carboxylic acids is 1. The van der Waals surface area contributed by atoms with Gasteiger partial charge in [0, 0.05) is 18.8 Å². The first-order chi connectivity index (χ1) is 7.85. The maximum absolute atomic E-state index is 12.1. The Morgan fingerprint density at radius 2 is 2.24 bits per heavy atom. The summed E-state index contributed by atoms with van der Waals surface area (Å²) < 4.78 is 25.4. The van der Waals surface area contributed by atoms with Gasteiger partial charge in [0.15, 0.2) is 0 Å². The number of aromatic nitrogens is 2. The van der Waals surface area contributed by atoms with E-state index in [0.29, 0.717) is 0 Å². The molecule has 0 saturated carbocycles. The Bertz CT molecular complexity index is 466. The first kappa shape index (κ1) is 13.7. The van der Waals surface area contributed by atoms with Gasteiger partial charge in [-0.05, 0) is 13.8 Å². The molecule has 2 N–H and O–H groups in total. The van der Waals surface area contributed by atoms with Gasteiger partial charge >= 0.3 is 5.97 Å². The molecule has 0 aromatic carbocycles. The molecule has 7 nitrogen and oxygen atoms in total. The summed E-state index contributed by atoms with van der Waals surface area (Å²) in [4.78, 5) is 10.5. The van der Waals surface area contributed by atoms with Gasteiger partial charge < -0.3 is 5.11 Å². The monoisotopic (exact) mass is 261 g/mol. The fourth-order valence-electron chi connectivity index (χ4n) is 1.38. The number of aliphatic carboxylic acids is 1. The van der Waals surface area contributed by atoms with E-state index in [9.17, 15) is 13.2 Å². The second kappa shape index (κ2) is 5.28. The van der Waals surface area contributed by atoms with Gasteiger partial charge in [0.05, 0.1) is 12.6 Å². The van der Waals surface area contributed by atoms with Crippen molar-refractivity contribution in [1.82, 2.24) is 14.5 Å². The second-order valence-electron chi connectivity index (χ2n) is 3.79. The van der Waals surface area contributed by atoms with Crippen molar-refractivity contribution in [2.75, 3.05) is 6.54 Å². The average molecular weight is 261 g/mol. The molecular weight excluding hydrogens is 246 g/mol. The highest BCUT2D eigenvalue weighted by atomic mass is 32.2. The van der Waals surface area contributed by atoms with E-state index in [4.69, 9.17) is 5.11 Å². The van der Waals surface area contributed by atoms with Crippen LogP contribution in [-0.2, 0) is 14.8 Å². The molecule has 1 aromatic rings. The first-order valence-electron chi connectivity index (χ1n) is 5.08. The highest BCUT2D eigenvalue weighted by Crippen LogP contribution is 2.16. The van der Waals surface area contributed by atoms with Gasteiger partial charge in [-0.15, -0.1) is 0 Å². The Morgan fingerprint density at radius 3 is 2.65 bits per heavy atom. The van der Waals surface area contributed by atoms with Crippen LogP contribution in [0.5, 0.6) is 0 Å².